The molecule has 0 saturated heterocycles. The van der Waals surface area contributed by atoms with E-state index in [9.17, 15) is 4.79 Å². The monoisotopic (exact) mass is 232 g/mol. The zero-order chi connectivity index (χ0) is 13.2. The Morgan fingerprint density at radius 2 is 1.88 bits per heavy atom. The van der Waals surface area contributed by atoms with Crippen LogP contribution in [0.15, 0.2) is 30.4 Å². The van der Waals surface area contributed by atoms with E-state index in [1.807, 2.05) is 18.2 Å². The van der Waals surface area contributed by atoms with Crippen LogP contribution in [0.25, 0.3) is 0 Å². The molecule has 0 atom stereocenters. The van der Waals surface area contributed by atoms with Crippen molar-refractivity contribution >= 4 is 5.78 Å². The van der Waals surface area contributed by atoms with Gasteiger partial charge in [-0.3, -0.25) is 4.79 Å². The molecular weight excluding hydrogens is 212 g/mol. The van der Waals surface area contributed by atoms with E-state index >= 15 is 0 Å². The minimum absolute atomic E-state index is 0.0103. The molecule has 0 aliphatic heterocycles. The van der Waals surface area contributed by atoms with Crippen molar-refractivity contribution in [1.29, 1.82) is 0 Å². The van der Waals surface area contributed by atoms with E-state index in [1.54, 1.807) is 14.0 Å². The molecule has 0 unspecified atom stereocenters. The van der Waals surface area contributed by atoms with Crippen LogP contribution in [0, 0.1) is 0 Å². The summed E-state index contributed by atoms with van der Waals surface area (Å²) in [6, 6.07) is 5.74. The first-order valence-corrected chi connectivity index (χ1v) is 5.66. The van der Waals surface area contributed by atoms with Crippen LogP contribution in [-0.4, -0.2) is 12.9 Å². The molecule has 1 aromatic rings. The molecule has 0 spiro atoms. The highest BCUT2D eigenvalue weighted by Crippen LogP contribution is 2.29. The second kappa shape index (κ2) is 4.74. The number of benzene rings is 1. The van der Waals surface area contributed by atoms with Crippen molar-refractivity contribution in [3.8, 4) is 5.75 Å². The van der Waals surface area contributed by atoms with E-state index < -0.39 is 0 Å². The summed E-state index contributed by atoms with van der Waals surface area (Å²) in [5, 5.41) is 0. The van der Waals surface area contributed by atoms with Crippen molar-refractivity contribution in [2.45, 2.75) is 33.1 Å². The fourth-order valence-electron chi connectivity index (χ4n) is 1.58. The smallest absolute Gasteiger partial charge is 0.191 e. The van der Waals surface area contributed by atoms with E-state index in [1.165, 1.54) is 0 Å². The van der Waals surface area contributed by atoms with Crippen molar-refractivity contribution in [1.82, 2.24) is 0 Å². The lowest BCUT2D eigenvalue weighted by atomic mass is 9.85. The first-order valence-electron chi connectivity index (χ1n) is 5.66. The highest BCUT2D eigenvalue weighted by molar-refractivity contribution is 6.09. The lowest BCUT2D eigenvalue weighted by Crippen LogP contribution is -2.13. The number of carbonyl (C=O) groups excluding carboxylic acids is 1. The molecule has 92 valence electrons. The third-order valence-corrected chi connectivity index (χ3v) is 2.70. The number of ether oxygens (including phenoxy) is 1. The highest BCUT2D eigenvalue weighted by atomic mass is 16.5. The van der Waals surface area contributed by atoms with Gasteiger partial charge in [0, 0.05) is 0 Å². The molecule has 0 aliphatic carbocycles. The minimum Gasteiger partial charge on any atom is -0.496 e. The van der Waals surface area contributed by atoms with E-state index in [0.29, 0.717) is 16.9 Å². The first kappa shape index (κ1) is 13.5. The van der Waals surface area contributed by atoms with Gasteiger partial charge in [-0.15, -0.1) is 0 Å². The molecule has 0 bridgehead atoms. The van der Waals surface area contributed by atoms with Crippen LogP contribution in [-0.2, 0) is 5.41 Å². The fourth-order valence-corrected chi connectivity index (χ4v) is 1.58. The Bertz CT molecular complexity index is 450. The van der Waals surface area contributed by atoms with Crippen LogP contribution in [0.3, 0.4) is 0 Å². The molecule has 0 amide bonds. The molecule has 1 aromatic carbocycles. The van der Waals surface area contributed by atoms with Gasteiger partial charge in [-0.05, 0) is 35.6 Å². The third kappa shape index (κ3) is 2.96. The van der Waals surface area contributed by atoms with Gasteiger partial charge in [0.25, 0.3) is 0 Å². The van der Waals surface area contributed by atoms with E-state index in [0.717, 1.165) is 5.56 Å². The Balaban J connectivity index is 3.35. The van der Waals surface area contributed by atoms with Crippen molar-refractivity contribution < 1.29 is 9.53 Å². The topological polar surface area (TPSA) is 26.3 Å². The minimum atomic E-state index is -0.0621. The average molecular weight is 232 g/mol. The molecule has 0 N–H and O–H groups in total. The van der Waals surface area contributed by atoms with Gasteiger partial charge < -0.3 is 4.74 Å². The normalized spacial score (nSPS) is 11.1. The Morgan fingerprint density at radius 1 is 1.29 bits per heavy atom. The third-order valence-electron chi connectivity index (χ3n) is 2.70. The van der Waals surface area contributed by atoms with Gasteiger partial charge in [0.1, 0.15) is 5.75 Å². The summed E-state index contributed by atoms with van der Waals surface area (Å²) in [6.45, 7) is 11.8. The Kier molecular flexibility index (Phi) is 3.76. The molecule has 0 saturated carbocycles. The predicted molar refractivity (Wildman–Crippen MR) is 70.8 cm³/mol. The summed E-state index contributed by atoms with van der Waals surface area (Å²) >= 11 is 0. The summed E-state index contributed by atoms with van der Waals surface area (Å²) < 4.78 is 5.22. The van der Waals surface area contributed by atoms with Crippen molar-refractivity contribution in [2.75, 3.05) is 7.11 Å². The quantitative estimate of drug-likeness (QED) is 0.586. The standard InChI is InChI=1S/C15H20O2/c1-10(2)14(16)12-9-11(15(3,4)5)7-8-13(12)17-6/h7-9H,1H2,2-6H3. The molecule has 0 radical (unpaired) electrons. The molecule has 2 nitrogen and oxygen atoms in total. The van der Waals surface area contributed by atoms with Crippen molar-refractivity contribution in [3.63, 3.8) is 0 Å². The van der Waals surface area contributed by atoms with Gasteiger partial charge in [-0.25, -0.2) is 0 Å². The molecule has 0 aliphatic rings. The molecule has 0 heterocycles. The number of ketones is 1. The summed E-state index contributed by atoms with van der Waals surface area (Å²) in [4.78, 5) is 12.0. The summed E-state index contributed by atoms with van der Waals surface area (Å²) in [5.74, 6) is 0.541. The van der Waals surface area contributed by atoms with E-state index in [-0.39, 0.29) is 11.2 Å². The zero-order valence-corrected chi connectivity index (χ0v) is 11.3. The average Bonchev–Trinajstić information content (AvgIpc) is 2.25. The maximum atomic E-state index is 12.0. The van der Waals surface area contributed by atoms with Gasteiger partial charge in [0.05, 0.1) is 12.7 Å². The second-order valence-corrected chi connectivity index (χ2v) is 5.27. The Labute approximate surface area is 103 Å². The van der Waals surface area contributed by atoms with Crippen LogP contribution in [0.5, 0.6) is 5.75 Å². The molecule has 17 heavy (non-hydrogen) atoms. The van der Waals surface area contributed by atoms with Crippen LogP contribution in [0.1, 0.15) is 43.6 Å². The van der Waals surface area contributed by atoms with Crippen LogP contribution < -0.4 is 4.74 Å². The Morgan fingerprint density at radius 3 is 2.29 bits per heavy atom. The highest BCUT2D eigenvalue weighted by Gasteiger charge is 2.19. The van der Waals surface area contributed by atoms with E-state index in [2.05, 4.69) is 27.4 Å². The predicted octanol–water partition coefficient (Wildman–Crippen LogP) is 3.75. The second-order valence-electron chi connectivity index (χ2n) is 5.27. The maximum Gasteiger partial charge on any atom is 0.191 e. The first-order chi connectivity index (χ1) is 7.77. The van der Waals surface area contributed by atoms with Gasteiger partial charge in [0.2, 0.25) is 0 Å². The lowest BCUT2D eigenvalue weighted by molar-refractivity contribution is 0.103. The van der Waals surface area contributed by atoms with Crippen LogP contribution >= 0.6 is 0 Å². The zero-order valence-electron chi connectivity index (χ0n) is 11.3. The summed E-state index contributed by atoms with van der Waals surface area (Å²) in [6.07, 6.45) is 0. The lowest BCUT2D eigenvalue weighted by Gasteiger charge is -2.20. The van der Waals surface area contributed by atoms with Gasteiger partial charge in [0.15, 0.2) is 5.78 Å². The SMILES string of the molecule is C=C(C)C(=O)c1cc(C(C)(C)C)ccc1OC. The molecule has 2 heteroatoms. The number of hydrogen-bond acceptors (Lipinski definition) is 2. The maximum absolute atomic E-state index is 12.0. The van der Waals surface area contributed by atoms with E-state index in [4.69, 9.17) is 4.74 Å². The molecule has 1 rings (SSSR count). The van der Waals surface area contributed by atoms with Crippen molar-refractivity contribution in [3.05, 3.63) is 41.5 Å². The Hall–Kier alpha value is -1.57. The van der Waals surface area contributed by atoms with Gasteiger partial charge in [-0.1, -0.05) is 33.4 Å². The molecular formula is C15H20O2. The number of hydrogen-bond donors (Lipinski definition) is 0. The van der Waals surface area contributed by atoms with Gasteiger partial charge >= 0.3 is 0 Å². The van der Waals surface area contributed by atoms with Gasteiger partial charge in [-0.2, -0.15) is 0 Å². The number of rotatable bonds is 3. The summed E-state index contributed by atoms with van der Waals surface area (Å²) in [5.41, 5.74) is 2.24. The number of Topliss-reactive ketones (excluding diaryl/α,β-unsaturated/α-hetero) is 1. The number of methoxy groups -OCH3 is 1. The molecule has 0 aromatic heterocycles. The molecule has 0 fully saturated rings. The largest absolute Gasteiger partial charge is 0.496 e. The fraction of sp³-hybridized carbons (Fsp3) is 0.400. The summed E-state index contributed by atoms with van der Waals surface area (Å²) in [7, 11) is 1.57. The number of carbonyl (C=O) groups is 1. The number of allylic oxidation sites excluding steroid dienone is 1. The van der Waals surface area contributed by atoms with Crippen LogP contribution in [0.2, 0.25) is 0 Å². The van der Waals surface area contributed by atoms with Crippen molar-refractivity contribution in [2.24, 2.45) is 0 Å². The van der Waals surface area contributed by atoms with Crippen LogP contribution in [0.4, 0.5) is 0 Å².